The van der Waals surface area contributed by atoms with Gasteiger partial charge in [0.25, 0.3) is 0 Å². The molecule has 3 nitrogen and oxygen atoms in total. The third-order valence-electron chi connectivity index (χ3n) is 7.13. The second-order valence-electron chi connectivity index (χ2n) is 9.37. The Morgan fingerprint density at radius 2 is 1.09 bits per heavy atom. The highest BCUT2D eigenvalue weighted by Gasteiger charge is 2.18. The minimum Gasteiger partial charge on any atom is -0.355 e. The van der Waals surface area contributed by atoms with Crippen LogP contribution in [0.5, 0.6) is 0 Å². The monoisotopic (exact) mass is 443 g/mol. The SMILES string of the molecule is CCC1=C(CC)c2cc3cc(C)c(cc4cc(cc5[nH]c(cc1n2)cc5C)-c1ccccc1-4)[nH]3. The van der Waals surface area contributed by atoms with Crippen LogP contribution < -0.4 is 0 Å². The largest absolute Gasteiger partial charge is 0.355 e. The van der Waals surface area contributed by atoms with Crippen molar-refractivity contribution < 1.29 is 0 Å². The average Bonchev–Trinajstić information content (AvgIpc) is 3.54. The fraction of sp³-hybridized carbons (Fsp3) is 0.194. The van der Waals surface area contributed by atoms with Crippen molar-refractivity contribution in [1.82, 2.24) is 15.0 Å². The maximum absolute atomic E-state index is 5.09. The number of allylic oxidation sites excluding steroid dienone is 2. The first-order valence-electron chi connectivity index (χ1n) is 12.2. The summed E-state index contributed by atoms with van der Waals surface area (Å²) in [7, 11) is 0. The van der Waals surface area contributed by atoms with Crippen LogP contribution in [0.1, 0.15) is 49.2 Å². The van der Waals surface area contributed by atoms with Crippen molar-refractivity contribution in [1.29, 1.82) is 0 Å². The molecule has 34 heavy (non-hydrogen) atoms. The van der Waals surface area contributed by atoms with E-state index in [0.29, 0.717) is 0 Å². The average molecular weight is 444 g/mol. The number of rotatable bonds is 2. The minimum atomic E-state index is 0.972. The zero-order valence-corrected chi connectivity index (χ0v) is 20.2. The molecule has 0 saturated carbocycles. The first-order valence-corrected chi connectivity index (χ1v) is 12.2. The Kier molecular flexibility index (Phi) is 4.80. The Balaban J connectivity index is 1.76. The summed E-state index contributed by atoms with van der Waals surface area (Å²) in [5.41, 5.74) is 16.8. The molecule has 3 aromatic heterocycles. The zero-order valence-electron chi connectivity index (χ0n) is 20.2. The molecular weight excluding hydrogens is 414 g/mol. The van der Waals surface area contributed by atoms with Crippen LogP contribution in [-0.2, 0) is 0 Å². The van der Waals surface area contributed by atoms with Crippen LogP contribution in [0.15, 0.2) is 66.7 Å². The molecule has 6 rings (SSSR count). The van der Waals surface area contributed by atoms with E-state index in [0.717, 1.165) is 46.3 Å². The molecular formula is C31H29N3. The van der Waals surface area contributed by atoms with E-state index in [1.165, 1.54) is 44.5 Å². The number of hydrogen-bond donors (Lipinski definition) is 2. The summed E-state index contributed by atoms with van der Waals surface area (Å²) in [5.74, 6) is 0. The molecule has 0 unspecified atom stereocenters. The van der Waals surface area contributed by atoms with Gasteiger partial charge in [0.1, 0.15) is 0 Å². The van der Waals surface area contributed by atoms with Gasteiger partial charge in [-0.1, -0.05) is 38.1 Å². The molecule has 4 aromatic rings. The van der Waals surface area contributed by atoms with E-state index in [-0.39, 0.29) is 0 Å². The first-order chi connectivity index (χ1) is 16.5. The van der Waals surface area contributed by atoms with Gasteiger partial charge in [-0.25, -0.2) is 4.98 Å². The van der Waals surface area contributed by atoms with Crippen LogP contribution in [0.3, 0.4) is 0 Å². The molecule has 3 heteroatoms. The van der Waals surface area contributed by atoms with Crippen molar-refractivity contribution in [2.75, 3.05) is 0 Å². The summed E-state index contributed by atoms with van der Waals surface area (Å²) < 4.78 is 0. The maximum atomic E-state index is 5.09. The molecule has 1 aliphatic carbocycles. The van der Waals surface area contributed by atoms with Gasteiger partial charge in [-0.3, -0.25) is 0 Å². The van der Waals surface area contributed by atoms with Gasteiger partial charge in [-0.15, -0.1) is 0 Å². The number of aromatic nitrogens is 3. The second-order valence-corrected chi connectivity index (χ2v) is 9.37. The topological polar surface area (TPSA) is 44.5 Å². The Morgan fingerprint density at radius 1 is 0.618 bits per heavy atom. The quantitative estimate of drug-likeness (QED) is 0.282. The molecule has 8 bridgehead atoms. The van der Waals surface area contributed by atoms with Gasteiger partial charge in [0.2, 0.25) is 0 Å². The van der Waals surface area contributed by atoms with E-state index < -0.39 is 0 Å². The standard InChI is InChI=1S/C31H29N3/c1-5-24-25(6-2)31-17-23-12-19(4)29(33-23)15-21-13-20(26-9-7-8-10-27(21)26)14-28-18(3)11-22(32-28)16-30(24)34-31/h7-17,32-33H,5-6H2,1-4H3. The molecule has 0 spiro atoms. The van der Waals surface area contributed by atoms with Crippen LogP contribution in [0.4, 0.5) is 0 Å². The van der Waals surface area contributed by atoms with E-state index in [9.17, 15) is 0 Å². The maximum Gasteiger partial charge on any atom is 0.0693 e. The van der Waals surface area contributed by atoms with Gasteiger partial charge in [0.15, 0.2) is 0 Å². The third kappa shape index (κ3) is 3.31. The van der Waals surface area contributed by atoms with Crippen molar-refractivity contribution >= 4 is 33.2 Å². The van der Waals surface area contributed by atoms with Gasteiger partial charge in [0.05, 0.1) is 11.4 Å². The Labute approximate surface area is 200 Å². The smallest absolute Gasteiger partial charge is 0.0693 e. The predicted octanol–water partition coefficient (Wildman–Crippen LogP) is 8.60. The number of hydrogen-bond acceptors (Lipinski definition) is 1. The van der Waals surface area contributed by atoms with E-state index >= 15 is 0 Å². The highest BCUT2D eigenvalue weighted by Crippen LogP contribution is 2.39. The number of nitrogens with zero attached hydrogens (tertiary/aromatic N) is 1. The number of aromatic amines is 2. The number of H-pyrrole nitrogens is 2. The molecule has 2 N–H and O–H groups in total. The van der Waals surface area contributed by atoms with Gasteiger partial charge in [-0.05, 0) is 114 Å². The van der Waals surface area contributed by atoms with Crippen molar-refractivity contribution in [3.63, 3.8) is 0 Å². The molecule has 0 amide bonds. The van der Waals surface area contributed by atoms with E-state index in [2.05, 4.69) is 104 Å². The summed E-state index contributed by atoms with van der Waals surface area (Å²) in [6.45, 7) is 8.79. The van der Waals surface area contributed by atoms with Crippen molar-refractivity contribution in [2.24, 2.45) is 0 Å². The van der Waals surface area contributed by atoms with E-state index in [4.69, 9.17) is 4.98 Å². The fourth-order valence-electron chi connectivity index (χ4n) is 5.41. The highest BCUT2D eigenvalue weighted by molar-refractivity contribution is 5.95. The summed E-state index contributed by atoms with van der Waals surface area (Å²) in [6.07, 6.45) is 1.94. The number of aryl methyl sites for hydroxylation is 2. The summed E-state index contributed by atoms with van der Waals surface area (Å²) in [6, 6.07) is 24.4. The second kappa shape index (κ2) is 7.88. The Morgan fingerprint density at radius 3 is 1.53 bits per heavy atom. The van der Waals surface area contributed by atoms with Crippen LogP contribution >= 0.6 is 0 Å². The van der Waals surface area contributed by atoms with E-state index in [1.807, 2.05) is 0 Å². The van der Waals surface area contributed by atoms with Crippen LogP contribution in [0, 0.1) is 13.8 Å². The molecule has 4 heterocycles. The van der Waals surface area contributed by atoms with E-state index in [1.54, 1.807) is 0 Å². The van der Waals surface area contributed by atoms with Gasteiger partial charge in [-0.2, -0.15) is 0 Å². The lowest BCUT2D eigenvalue weighted by Gasteiger charge is -2.02. The zero-order chi connectivity index (χ0) is 23.4. The van der Waals surface area contributed by atoms with Gasteiger partial charge in [0, 0.05) is 22.1 Å². The third-order valence-corrected chi connectivity index (χ3v) is 7.13. The number of benzene rings is 1. The number of nitrogens with one attached hydrogen (secondary N) is 2. The highest BCUT2D eigenvalue weighted by atomic mass is 14.8. The molecule has 2 aliphatic rings. The molecule has 0 atom stereocenters. The molecule has 0 fully saturated rings. The van der Waals surface area contributed by atoms with Crippen LogP contribution in [0.2, 0.25) is 0 Å². The van der Waals surface area contributed by atoms with Gasteiger partial charge < -0.3 is 9.97 Å². The first kappa shape index (κ1) is 20.7. The normalized spacial score (nSPS) is 12.8. The van der Waals surface area contributed by atoms with Crippen molar-refractivity contribution in [3.05, 3.63) is 89.2 Å². The van der Waals surface area contributed by atoms with Crippen LogP contribution in [0.25, 0.3) is 55.5 Å². The Bertz CT molecular complexity index is 1520. The molecule has 0 radical (unpaired) electrons. The summed E-state index contributed by atoms with van der Waals surface area (Å²) in [5, 5.41) is 0. The minimum absolute atomic E-state index is 0.972. The fourth-order valence-corrected chi connectivity index (χ4v) is 5.41. The summed E-state index contributed by atoms with van der Waals surface area (Å²) >= 11 is 0. The molecule has 168 valence electrons. The lowest BCUT2D eigenvalue weighted by molar-refractivity contribution is 1.20. The van der Waals surface area contributed by atoms with Gasteiger partial charge >= 0.3 is 0 Å². The predicted molar refractivity (Wildman–Crippen MR) is 145 cm³/mol. The molecule has 0 saturated heterocycles. The van der Waals surface area contributed by atoms with Crippen molar-refractivity contribution in [3.8, 4) is 22.3 Å². The van der Waals surface area contributed by atoms with Crippen LogP contribution in [-0.4, -0.2) is 15.0 Å². The molecule has 1 aromatic carbocycles. The lowest BCUT2D eigenvalue weighted by Crippen LogP contribution is -1.81. The van der Waals surface area contributed by atoms with Crippen molar-refractivity contribution in [2.45, 2.75) is 40.5 Å². The molecule has 1 aliphatic heterocycles. The number of fused-ring (bicyclic) bond motifs is 11. The summed E-state index contributed by atoms with van der Waals surface area (Å²) in [4.78, 5) is 12.4. The lowest BCUT2D eigenvalue weighted by atomic mass is 10.0. The Hall–Kier alpha value is -3.85.